The molecular formula is C10H13N7O2S. The van der Waals surface area contributed by atoms with Crippen molar-refractivity contribution in [2.45, 2.75) is 0 Å². The highest BCUT2D eigenvalue weighted by atomic mass is 32.1. The van der Waals surface area contributed by atoms with Crippen molar-refractivity contribution in [1.82, 2.24) is 9.97 Å². The number of aromatic nitrogens is 2. The predicted molar refractivity (Wildman–Crippen MR) is 75.8 cm³/mol. The molecule has 9 nitrogen and oxygen atoms in total. The molecule has 2 aromatic heterocycles. The zero-order valence-electron chi connectivity index (χ0n) is 10.4. The molecule has 0 fully saturated rings. The highest BCUT2D eigenvalue weighted by molar-refractivity contribution is 7.16. The summed E-state index contributed by atoms with van der Waals surface area (Å²) in [5.41, 5.74) is 12.7. The molecule has 2 rings (SSSR count). The van der Waals surface area contributed by atoms with Crippen LogP contribution in [-0.4, -0.2) is 34.9 Å². The summed E-state index contributed by atoms with van der Waals surface area (Å²) in [5.74, 6) is 4.66. The SMILES string of the molecule is NNc1nc(N(CC(N)=O)CC(N)=O)c2ccsc2n1. The van der Waals surface area contributed by atoms with Gasteiger partial charge in [-0.25, -0.2) is 10.8 Å². The van der Waals surface area contributed by atoms with E-state index in [9.17, 15) is 9.59 Å². The Morgan fingerprint density at radius 2 is 1.90 bits per heavy atom. The summed E-state index contributed by atoms with van der Waals surface area (Å²) in [7, 11) is 0. The second kappa shape index (κ2) is 5.67. The highest BCUT2D eigenvalue weighted by Gasteiger charge is 2.18. The molecule has 20 heavy (non-hydrogen) atoms. The summed E-state index contributed by atoms with van der Waals surface area (Å²) in [6.07, 6.45) is 0. The number of hydrogen-bond acceptors (Lipinski definition) is 8. The molecule has 0 radical (unpaired) electrons. The molecule has 0 bridgehead atoms. The third kappa shape index (κ3) is 2.92. The number of carbonyl (C=O) groups excluding carboxylic acids is 2. The molecule has 10 heteroatoms. The van der Waals surface area contributed by atoms with Gasteiger partial charge in [0.2, 0.25) is 17.8 Å². The molecule has 0 atom stereocenters. The van der Waals surface area contributed by atoms with Crippen molar-refractivity contribution in [2.24, 2.45) is 17.3 Å². The number of rotatable bonds is 6. The van der Waals surface area contributed by atoms with E-state index in [0.717, 1.165) is 0 Å². The van der Waals surface area contributed by atoms with Crippen LogP contribution in [0.2, 0.25) is 0 Å². The Morgan fingerprint density at radius 1 is 1.25 bits per heavy atom. The van der Waals surface area contributed by atoms with E-state index in [1.807, 2.05) is 5.38 Å². The van der Waals surface area contributed by atoms with Crippen LogP contribution in [0.15, 0.2) is 11.4 Å². The van der Waals surface area contributed by atoms with Crippen molar-refractivity contribution < 1.29 is 9.59 Å². The normalized spacial score (nSPS) is 10.4. The molecule has 7 N–H and O–H groups in total. The average Bonchev–Trinajstić information content (AvgIpc) is 2.83. The summed E-state index contributed by atoms with van der Waals surface area (Å²) in [4.78, 5) is 32.7. The largest absolute Gasteiger partial charge is 0.368 e. The van der Waals surface area contributed by atoms with Crippen LogP contribution in [0.25, 0.3) is 10.2 Å². The van der Waals surface area contributed by atoms with Crippen molar-refractivity contribution in [3.8, 4) is 0 Å². The van der Waals surface area contributed by atoms with Crippen molar-refractivity contribution in [1.29, 1.82) is 0 Å². The van der Waals surface area contributed by atoms with E-state index < -0.39 is 11.8 Å². The van der Waals surface area contributed by atoms with Gasteiger partial charge in [0.05, 0.1) is 18.5 Å². The molecule has 0 aromatic carbocycles. The number of fused-ring (bicyclic) bond motifs is 1. The van der Waals surface area contributed by atoms with Gasteiger partial charge in [-0.15, -0.1) is 11.3 Å². The van der Waals surface area contributed by atoms with E-state index >= 15 is 0 Å². The number of anilines is 2. The summed E-state index contributed by atoms with van der Waals surface area (Å²) in [6, 6.07) is 1.78. The first-order valence-electron chi connectivity index (χ1n) is 5.54. The number of nitrogens with one attached hydrogen (secondary N) is 1. The Kier molecular flexibility index (Phi) is 3.96. The molecule has 0 spiro atoms. The zero-order valence-corrected chi connectivity index (χ0v) is 11.2. The lowest BCUT2D eigenvalue weighted by Crippen LogP contribution is -2.40. The van der Waals surface area contributed by atoms with Crippen LogP contribution in [0.3, 0.4) is 0 Å². The summed E-state index contributed by atoms with van der Waals surface area (Å²) >= 11 is 1.38. The number of thiophene rings is 1. The van der Waals surface area contributed by atoms with Crippen LogP contribution >= 0.6 is 11.3 Å². The van der Waals surface area contributed by atoms with Crippen LogP contribution in [0.4, 0.5) is 11.8 Å². The molecule has 2 aromatic rings. The molecule has 0 aliphatic carbocycles. The fourth-order valence-electron chi connectivity index (χ4n) is 1.73. The van der Waals surface area contributed by atoms with E-state index in [0.29, 0.717) is 16.0 Å². The lowest BCUT2D eigenvalue weighted by atomic mass is 10.3. The number of amides is 2. The minimum atomic E-state index is -0.601. The molecule has 0 saturated heterocycles. The minimum Gasteiger partial charge on any atom is -0.368 e. The minimum absolute atomic E-state index is 0.175. The third-order valence-electron chi connectivity index (χ3n) is 2.43. The molecule has 0 unspecified atom stereocenters. The predicted octanol–water partition coefficient (Wildman–Crippen LogP) is -1.25. The first kappa shape index (κ1) is 14.0. The number of primary amides is 2. The Labute approximate surface area is 117 Å². The Hall–Kier alpha value is -2.46. The summed E-state index contributed by atoms with van der Waals surface area (Å²) in [5, 5.41) is 2.51. The Bertz CT molecular complexity index is 640. The van der Waals surface area contributed by atoms with Crippen molar-refractivity contribution >= 4 is 45.1 Å². The van der Waals surface area contributed by atoms with E-state index in [-0.39, 0.29) is 19.0 Å². The van der Waals surface area contributed by atoms with Crippen molar-refractivity contribution in [3.05, 3.63) is 11.4 Å². The molecule has 2 amide bonds. The fourth-order valence-corrected chi connectivity index (χ4v) is 2.49. The van der Waals surface area contributed by atoms with E-state index in [4.69, 9.17) is 17.3 Å². The number of nitrogens with zero attached hydrogens (tertiary/aromatic N) is 3. The standard InChI is InChI=1S/C10H13N7O2S/c11-6(18)3-17(4-7(12)19)8-5-1-2-20-9(5)15-10(14-8)16-13/h1-2H,3-4,13H2,(H2,11,18)(H2,12,19)(H,14,15,16). The van der Waals surface area contributed by atoms with Crippen LogP contribution in [0.1, 0.15) is 0 Å². The molecule has 0 saturated carbocycles. The van der Waals surface area contributed by atoms with Gasteiger partial charge in [-0.05, 0) is 11.4 Å². The van der Waals surface area contributed by atoms with Gasteiger partial charge in [0.1, 0.15) is 10.6 Å². The summed E-state index contributed by atoms with van der Waals surface area (Å²) in [6.45, 7) is -0.371. The second-order valence-corrected chi connectivity index (χ2v) is 4.84. The Morgan fingerprint density at radius 3 is 2.45 bits per heavy atom. The maximum absolute atomic E-state index is 11.1. The van der Waals surface area contributed by atoms with E-state index in [1.54, 1.807) is 6.07 Å². The molecule has 0 aliphatic heterocycles. The van der Waals surface area contributed by atoms with E-state index in [1.165, 1.54) is 16.2 Å². The van der Waals surface area contributed by atoms with Crippen molar-refractivity contribution in [2.75, 3.05) is 23.4 Å². The highest BCUT2D eigenvalue weighted by Crippen LogP contribution is 2.28. The quantitative estimate of drug-likeness (QED) is 0.383. The Balaban J connectivity index is 2.52. The summed E-state index contributed by atoms with van der Waals surface area (Å²) < 4.78 is 0. The number of carbonyl (C=O) groups is 2. The van der Waals surface area contributed by atoms with Gasteiger partial charge in [-0.1, -0.05) is 0 Å². The van der Waals surface area contributed by atoms with Gasteiger partial charge >= 0.3 is 0 Å². The first-order valence-corrected chi connectivity index (χ1v) is 6.42. The third-order valence-corrected chi connectivity index (χ3v) is 3.23. The van der Waals surface area contributed by atoms with Crippen molar-refractivity contribution in [3.63, 3.8) is 0 Å². The molecule has 106 valence electrons. The van der Waals surface area contributed by atoms with Gasteiger partial charge in [0, 0.05) is 0 Å². The van der Waals surface area contributed by atoms with Crippen LogP contribution in [0, 0.1) is 0 Å². The maximum atomic E-state index is 11.1. The van der Waals surface area contributed by atoms with Crippen LogP contribution in [-0.2, 0) is 9.59 Å². The average molecular weight is 295 g/mol. The maximum Gasteiger partial charge on any atom is 0.240 e. The number of hydrogen-bond donors (Lipinski definition) is 4. The lowest BCUT2D eigenvalue weighted by Gasteiger charge is -2.21. The van der Waals surface area contributed by atoms with Gasteiger partial charge < -0.3 is 16.4 Å². The van der Waals surface area contributed by atoms with Gasteiger partial charge in [-0.3, -0.25) is 15.0 Å². The smallest absolute Gasteiger partial charge is 0.240 e. The van der Waals surface area contributed by atoms with Gasteiger partial charge in [0.15, 0.2) is 0 Å². The number of nitrogen functional groups attached to an aromatic ring is 1. The second-order valence-electron chi connectivity index (χ2n) is 3.94. The van der Waals surface area contributed by atoms with Crippen LogP contribution < -0.4 is 27.6 Å². The van der Waals surface area contributed by atoms with Crippen LogP contribution in [0.5, 0.6) is 0 Å². The molecule has 0 aliphatic rings. The molecular weight excluding hydrogens is 282 g/mol. The van der Waals surface area contributed by atoms with E-state index in [2.05, 4.69) is 15.4 Å². The van der Waals surface area contributed by atoms with Gasteiger partial charge in [-0.2, -0.15) is 4.98 Å². The number of hydrazine groups is 1. The fraction of sp³-hybridized carbons (Fsp3) is 0.200. The number of nitrogens with two attached hydrogens (primary N) is 3. The lowest BCUT2D eigenvalue weighted by molar-refractivity contribution is -0.117. The first-order chi connectivity index (χ1) is 9.51. The molecule has 2 heterocycles. The van der Waals surface area contributed by atoms with Gasteiger partial charge in [0.25, 0.3) is 0 Å². The zero-order chi connectivity index (χ0) is 14.7. The monoisotopic (exact) mass is 295 g/mol. The topological polar surface area (TPSA) is 153 Å².